The van der Waals surface area contributed by atoms with Gasteiger partial charge < -0.3 is 20.8 Å². The average molecular weight is 456 g/mol. The van der Waals surface area contributed by atoms with Crippen molar-refractivity contribution in [3.8, 4) is 17.7 Å². The summed E-state index contributed by atoms with van der Waals surface area (Å²) in [6.45, 7) is 2.03. The molecule has 0 saturated carbocycles. The first-order valence-corrected chi connectivity index (χ1v) is 10.4. The lowest BCUT2D eigenvalue weighted by Crippen LogP contribution is -2.53. The average Bonchev–Trinajstić information content (AvgIpc) is 3.20. The van der Waals surface area contributed by atoms with Crippen LogP contribution in [-0.4, -0.2) is 69.9 Å². The molecule has 34 heavy (non-hydrogen) atoms. The first-order chi connectivity index (χ1) is 16.3. The number of benzene rings is 1. The van der Waals surface area contributed by atoms with Crippen molar-refractivity contribution < 1.29 is 15.0 Å². The molecule has 0 bridgehead atoms. The Kier molecular flexibility index (Phi) is 5.16. The number of carbonyl (C=O) groups is 1. The number of β-amino-alcohol motifs (C(OH)–C–C–N with tert-alkyl or cyclic N) is 1. The van der Waals surface area contributed by atoms with Gasteiger partial charge in [0, 0.05) is 48.7 Å². The monoisotopic (exact) mass is 456 g/mol. The quantitative estimate of drug-likeness (QED) is 0.368. The fourth-order valence-corrected chi connectivity index (χ4v) is 3.58. The van der Waals surface area contributed by atoms with Crippen LogP contribution in [0.25, 0.3) is 16.7 Å². The highest BCUT2D eigenvalue weighted by molar-refractivity contribution is 6.05. The minimum atomic E-state index is -1.56. The van der Waals surface area contributed by atoms with E-state index < -0.39 is 11.7 Å². The van der Waals surface area contributed by atoms with Crippen molar-refractivity contribution in [2.45, 2.75) is 18.6 Å². The molecule has 1 fully saturated rings. The van der Waals surface area contributed by atoms with E-state index in [9.17, 15) is 15.0 Å². The molecule has 1 aliphatic heterocycles. The minimum Gasteiger partial charge on any atom is -0.389 e. The predicted octanol–water partition coefficient (Wildman–Crippen LogP) is 0.264. The fourth-order valence-electron chi connectivity index (χ4n) is 3.58. The Labute approximate surface area is 193 Å². The number of amides is 1. The maximum atomic E-state index is 13.0. The number of anilines is 1. The van der Waals surface area contributed by atoms with E-state index in [1.165, 1.54) is 35.1 Å². The zero-order valence-corrected chi connectivity index (χ0v) is 18.1. The summed E-state index contributed by atoms with van der Waals surface area (Å²) in [4.78, 5) is 30.8. The molecular weight excluding hydrogens is 436 g/mol. The van der Waals surface area contributed by atoms with Gasteiger partial charge >= 0.3 is 0 Å². The largest absolute Gasteiger partial charge is 0.389 e. The van der Waals surface area contributed by atoms with E-state index in [1.54, 1.807) is 30.3 Å². The van der Waals surface area contributed by atoms with Gasteiger partial charge in [0.1, 0.15) is 0 Å². The third kappa shape index (κ3) is 3.92. The number of hydrogen-bond donors (Lipinski definition) is 3. The summed E-state index contributed by atoms with van der Waals surface area (Å²) in [6, 6.07) is 8.50. The first-order valence-electron chi connectivity index (χ1n) is 10.4. The van der Waals surface area contributed by atoms with Crippen molar-refractivity contribution in [1.29, 1.82) is 0 Å². The number of likely N-dealkylation sites (tertiary alicyclic amines) is 1. The van der Waals surface area contributed by atoms with Crippen LogP contribution in [-0.2, 0) is 5.60 Å². The second-order valence-electron chi connectivity index (χ2n) is 8.02. The molecule has 1 saturated heterocycles. The molecule has 0 radical (unpaired) electrons. The lowest BCUT2D eigenvalue weighted by Gasteiger charge is -2.35. The number of hydrogen-bond acceptors (Lipinski definition) is 9. The molecule has 1 atom stereocenters. The van der Waals surface area contributed by atoms with Gasteiger partial charge in [-0.05, 0) is 31.2 Å². The Morgan fingerprint density at radius 3 is 2.65 bits per heavy atom. The van der Waals surface area contributed by atoms with Gasteiger partial charge in [0.2, 0.25) is 5.95 Å². The van der Waals surface area contributed by atoms with Gasteiger partial charge in [-0.25, -0.2) is 19.6 Å². The smallest absolute Gasteiger partial charge is 0.275 e. The van der Waals surface area contributed by atoms with Crippen molar-refractivity contribution in [1.82, 2.24) is 34.6 Å². The summed E-state index contributed by atoms with van der Waals surface area (Å²) in [5.74, 6) is 6.09. The van der Waals surface area contributed by atoms with Crippen LogP contribution in [0.1, 0.15) is 28.8 Å². The zero-order valence-electron chi connectivity index (χ0n) is 18.1. The normalized spacial score (nSPS) is 15.3. The highest BCUT2D eigenvalue weighted by Gasteiger charge is 2.32. The number of nitrogens with two attached hydrogens (primary N) is 1. The van der Waals surface area contributed by atoms with Gasteiger partial charge in [0.15, 0.2) is 22.9 Å². The van der Waals surface area contributed by atoms with E-state index in [4.69, 9.17) is 5.73 Å². The standard InChI is InChI=1S/C23H20N8O3/c1-23(34,21-25-8-2-9-26-21)7-5-14-3-4-16-17(11-14)31(18-6-10-27-22(24)28-18)29-19(16)20(33)30-12-15(32)13-30/h2-4,6,8-11,15,32,34H,12-13H2,1H3,(H2,24,27,28)/t23-/m1/s1. The van der Waals surface area contributed by atoms with E-state index >= 15 is 0 Å². The van der Waals surface area contributed by atoms with Crippen LogP contribution in [0.5, 0.6) is 0 Å². The number of fused-ring (bicyclic) bond motifs is 1. The number of aromatic nitrogens is 6. The summed E-state index contributed by atoms with van der Waals surface area (Å²) in [5, 5.41) is 25.4. The summed E-state index contributed by atoms with van der Waals surface area (Å²) in [7, 11) is 0. The van der Waals surface area contributed by atoms with E-state index in [2.05, 4.69) is 36.9 Å². The van der Waals surface area contributed by atoms with Gasteiger partial charge in [-0.2, -0.15) is 10.1 Å². The first kappa shape index (κ1) is 21.4. The van der Waals surface area contributed by atoms with Crippen molar-refractivity contribution in [3.05, 3.63) is 66.0 Å². The third-order valence-corrected chi connectivity index (χ3v) is 5.36. The molecule has 4 heterocycles. The third-order valence-electron chi connectivity index (χ3n) is 5.36. The van der Waals surface area contributed by atoms with E-state index in [-0.39, 0.29) is 36.5 Å². The molecular formula is C23H20N8O3. The molecule has 1 aliphatic rings. The highest BCUT2D eigenvalue weighted by Crippen LogP contribution is 2.26. The molecule has 4 N–H and O–H groups in total. The molecule has 1 aromatic carbocycles. The second-order valence-corrected chi connectivity index (χ2v) is 8.02. The molecule has 11 heteroatoms. The fraction of sp³-hybridized carbons (Fsp3) is 0.217. The molecule has 0 spiro atoms. The Balaban J connectivity index is 1.60. The molecule has 5 rings (SSSR count). The van der Waals surface area contributed by atoms with E-state index in [0.29, 0.717) is 22.3 Å². The van der Waals surface area contributed by atoms with Crippen LogP contribution in [0.15, 0.2) is 48.9 Å². The van der Waals surface area contributed by atoms with Gasteiger partial charge in [-0.15, -0.1) is 0 Å². The van der Waals surface area contributed by atoms with Crippen molar-refractivity contribution in [3.63, 3.8) is 0 Å². The SMILES string of the molecule is C[C@@](O)(C#Cc1ccc2c(C(=O)N3CC(O)C3)nn(-c3ccnc(N)n3)c2c1)c1ncccn1. The van der Waals surface area contributed by atoms with Gasteiger partial charge in [0.05, 0.1) is 11.6 Å². The molecule has 4 aromatic rings. The summed E-state index contributed by atoms with van der Waals surface area (Å²) >= 11 is 0. The van der Waals surface area contributed by atoms with Crippen LogP contribution in [0.3, 0.4) is 0 Å². The molecule has 3 aromatic heterocycles. The van der Waals surface area contributed by atoms with Gasteiger partial charge in [0.25, 0.3) is 5.91 Å². The molecule has 0 unspecified atom stereocenters. The summed E-state index contributed by atoms with van der Waals surface area (Å²) < 4.78 is 1.50. The predicted molar refractivity (Wildman–Crippen MR) is 121 cm³/mol. The number of carbonyl (C=O) groups excluding carboxylic acids is 1. The maximum absolute atomic E-state index is 13.0. The van der Waals surface area contributed by atoms with Crippen molar-refractivity contribution in [2.24, 2.45) is 0 Å². The van der Waals surface area contributed by atoms with Crippen LogP contribution in [0, 0.1) is 11.8 Å². The number of nitrogen functional groups attached to an aromatic ring is 1. The summed E-state index contributed by atoms with van der Waals surface area (Å²) in [6.07, 6.45) is 4.04. The minimum absolute atomic E-state index is 0.0646. The van der Waals surface area contributed by atoms with Crippen molar-refractivity contribution >= 4 is 22.8 Å². The molecule has 170 valence electrons. The van der Waals surface area contributed by atoms with E-state index in [1.807, 2.05) is 0 Å². The molecule has 11 nitrogen and oxygen atoms in total. The Bertz CT molecular complexity index is 1450. The van der Waals surface area contributed by atoms with Gasteiger partial charge in [-0.1, -0.05) is 11.8 Å². The zero-order chi connectivity index (χ0) is 23.9. The maximum Gasteiger partial charge on any atom is 0.275 e. The van der Waals surface area contributed by atoms with Crippen LogP contribution < -0.4 is 5.73 Å². The molecule has 0 aliphatic carbocycles. The van der Waals surface area contributed by atoms with E-state index in [0.717, 1.165) is 0 Å². The number of nitrogens with zero attached hydrogens (tertiary/aromatic N) is 7. The van der Waals surface area contributed by atoms with Gasteiger partial charge in [-0.3, -0.25) is 4.79 Å². The second kappa shape index (κ2) is 8.18. The number of rotatable bonds is 3. The van der Waals surface area contributed by atoms with Crippen LogP contribution in [0.4, 0.5) is 5.95 Å². The van der Waals surface area contributed by atoms with Crippen LogP contribution >= 0.6 is 0 Å². The lowest BCUT2D eigenvalue weighted by molar-refractivity contribution is 0.00560. The Hall–Kier alpha value is -4.40. The summed E-state index contributed by atoms with van der Waals surface area (Å²) in [5.41, 5.74) is 5.57. The lowest BCUT2D eigenvalue weighted by atomic mass is 10.0. The van der Waals surface area contributed by atoms with Crippen LogP contribution in [0.2, 0.25) is 0 Å². The Morgan fingerprint density at radius 1 is 1.18 bits per heavy atom. The topological polar surface area (TPSA) is 156 Å². The Morgan fingerprint density at radius 2 is 1.94 bits per heavy atom. The van der Waals surface area contributed by atoms with Crippen molar-refractivity contribution in [2.75, 3.05) is 18.8 Å². The highest BCUT2D eigenvalue weighted by atomic mass is 16.3. The number of aliphatic hydroxyl groups is 2. The molecule has 1 amide bonds. The number of aliphatic hydroxyl groups excluding tert-OH is 1.